The number of ether oxygens (including phenoxy) is 1. The summed E-state index contributed by atoms with van der Waals surface area (Å²) in [6, 6.07) is 4.38. The van der Waals surface area contributed by atoms with Crippen molar-refractivity contribution in [1.29, 1.82) is 0 Å². The maximum absolute atomic E-state index is 13.6. The Balaban J connectivity index is 2.09. The molecule has 0 aromatic heterocycles. The molecule has 5 heteroatoms. The van der Waals surface area contributed by atoms with E-state index in [0.717, 1.165) is 5.56 Å². The highest BCUT2D eigenvalue weighted by Gasteiger charge is 2.29. The van der Waals surface area contributed by atoms with Crippen LogP contribution >= 0.6 is 0 Å². The third-order valence-corrected chi connectivity index (χ3v) is 3.14. The van der Waals surface area contributed by atoms with Crippen LogP contribution in [0.3, 0.4) is 0 Å². The summed E-state index contributed by atoms with van der Waals surface area (Å²) in [5.74, 6) is -0.898. The number of nitrogens with one attached hydrogen (secondary N) is 2. The van der Waals surface area contributed by atoms with Crippen molar-refractivity contribution in [3.8, 4) is 0 Å². The SMILES string of the molecule is CO[C@H]1CNCC1NC(=O)c1cc(C)ccc1F. The van der Waals surface area contributed by atoms with Gasteiger partial charge in [0.05, 0.1) is 17.7 Å². The molecule has 1 aliphatic rings. The predicted molar refractivity (Wildman–Crippen MR) is 66.1 cm³/mol. The van der Waals surface area contributed by atoms with Crippen molar-refractivity contribution in [3.05, 3.63) is 35.1 Å². The Morgan fingerprint density at radius 3 is 3.00 bits per heavy atom. The fourth-order valence-electron chi connectivity index (χ4n) is 2.11. The van der Waals surface area contributed by atoms with E-state index in [9.17, 15) is 9.18 Å². The molecule has 1 aromatic carbocycles. The van der Waals surface area contributed by atoms with Gasteiger partial charge in [-0.3, -0.25) is 4.79 Å². The number of halogens is 1. The molecular formula is C13H17FN2O2. The Hall–Kier alpha value is -1.46. The number of aryl methyl sites for hydroxylation is 1. The maximum Gasteiger partial charge on any atom is 0.254 e. The minimum Gasteiger partial charge on any atom is -0.378 e. The van der Waals surface area contributed by atoms with Gasteiger partial charge in [0.25, 0.3) is 5.91 Å². The van der Waals surface area contributed by atoms with Crippen LogP contribution in [0.2, 0.25) is 0 Å². The standard InChI is InChI=1S/C13H17FN2O2/c1-8-3-4-10(14)9(5-8)13(17)16-11-6-15-7-12(11)18-2/h3-5,11-12,15H,6-7H2,1-2H3,(H,16,17)/t11?,12-/m0/s1. The van der Waals surface area contributed by atoms with E-state index in [2.05, 4.69) is 10.6 Å². The van der Waals surface area contributed by atoms with Gasteiger partial charge in [-0.15, -0.1) is 0 Å². The van der Waals surface area contributed by atoms with Crippen molar-refractivity contribution in [2.45, 2.75) is 19.1 Å². The lowest BCUT2D eigenvalue weighted by atomic mass is 10.1. The average molecular weight is 252 g/mol. The van der Waals surface area contributed by atoms with E-state index >= 15 is 0 Å². The van der Waals surface area contributed by atoms with Crippen LogP contribution in [0.15, 0.2) is 18.2 Å². The second-order valence-corrected chi connectivity index (χ2v) is 4.50. The lowest BCUT2D eigenvalue weighted by Crippen LogP contribution is -2.43. The molecule has 0 bridgehead atoms. The molecule has 0 aliphatic carbocycles. The van der Waals surface area contributed by atoms with Gasteiger partial charge in [-0.1, -0.05) is 11.6 Å². The number of benzene rings is 1. The molecule has 18 heavy (non-hydrogen) atoms. The van der Waals surface area contributed by atoms with Crippen molar-refractivity contribution >= 4 is 5.91 Å². The smallest absolute Gasteiger partial charge is 0.254 e. The zero-order valence-electron chi connectivity index (χ0n) is 10.5. The van der Waals surface area contributed by atoms with Crippen LogP contribution < -0.4 is 10.6 Å². The van der Waals surface area contributed by atoms with Gasteiger partial charge in [-0.25, -0.2) is 4.39 Å². The summed E-state index contributed by atoms with van der Waals surface area (Å²) in [5.41, 5.74) is 0.936. The second kappa shape index (κ2) is 5.46. The molecule has 1 heterocycles. The molecular weight excluding hydrogens is 235 g/mol. The van der Waals surface area contributed by atoms with E-state index in [1.165, 1.54) is 6.07 Å². The van der Waals surface area contributed by atoms with Crippen molar-refractivity contribution in [2.24, 2.45) is 0 Å². The number of amides is 1. The van der Waals surface area contributed by atoms with Crippen LogP contribution in [0.5, 0.6) is 0 Å². The summed E-state index contributed by atoms with van der Waals surface area (Å²) in [5, 5.41) is 5.92. The molecule has 4 nitrogen and oxygen atoms in total. The summed E-state index contributed by atoms with van der Waals surface area (Å²) in [4.78, 5) is 12.0. The zero-order chi connectivity index (χ0) is 13.1. The molecule has 0 radical (unpaired) electrons. The normalized spacial score (nSPS) is 23.1. The quantitative estimate of drug-likeness (QED) is 0.838. The first kappa shape index (κ1) is 13.0. The third-order valence-electron chi connectivity index (χ3n) is 3.14. The molecule has 2 atom stereocenters. The molecule has 98 valence electrons. The fourth-order valence-corrected chi connectivity index (χ4v) is 2.11. The van der Waals surface area contributed by atoms with E-state index in [1.807, 2.05) is 6.92 Å². The van der Waals surface area contributed by atoms with Gasteiger partial charge in [0.2, 0.25) is 0 Å². The molecule has 1 amide bonds. The summed E-state index contributed by atoms with van der Waals surface area (Å²) in [6.07, 6.45) is -0.0678. The first-order chi connectivity index (χ1) is 8.61. The van der Waals surface area contributed by atoms with E-state index in [4.69, 9.17) is 4.74 Å². The van der Waals surface area contributed by atoms with Crippen molar-refractivity contribution in [1.82, 2.24) is 10.6 Å². The zero-order valence-corrected chi connectivity index (χ0v) is 10.5. The second-order valence-electron chi connectivity index (χ2n) is 4.50. The summed E-state index contributed by atoms with van der Waals surface area (Å²) in [7, 11) is 1.60. The first-order valence-corrected chi connectivity index (χ1v) is 5.92. The van der Waals surface area contributed by atoms with E-state index in [-0.39, 0.29) is 17.7 Å². The Labute approximate surface area is 106 Å². The largest absolute Gasteiger partial charge is 0.378 e. The van der Waals surface area contributed by atoms with Crippen LogP contribution in [0.25, 0.3) is 0 Å². The van der Waals surface area contributed by atoms with Gasteiger partial charge in [0.15, 0.2) is 0 Å². The Bertz CT molecular complexity index is 451. The molecule has 1 saturated heterocycles. The molecule has 2 rings (SSSR count). The topological polar surface area (TPSA) is 50.4 Å². The van der Waals surface area contributed by atoms with Crippen molar-refractivity contribution < 1.29 is 13.9 Å². The highest BCUT2D eigenvalue weighted by Crippen LogP contribution is 2.11. The molecule has 1 aliphatic heterocycles. The van der Waals surface area contributed by atoms with Crippen LogP contribution in [-0.2, 0) is 4.74 Å². The van der Waals surface area contributed by atoms with Crippen LogP contribution in [0, 0.1) is 12.7 Å². The van der Waals surface area contributed by atoms with Gasteiger partial charge in [0, 0.05) is 20.2 Å². The first-order valence-electron chi connectivity index (χ1n) is 5.92. The summed E-state index contributed by atoms with van der Waals surface area (Å²) < 4.78 is 18.8. The number of methoxy groups -OCH3 is 1. The van der Waals surface area contributed by atoms with Crippen LogP contribution in [-0.4, -0.2) is 38.3 Å². The maximum atomic E-state index is 13.6. The number of hydrogen-bond donors (Lipinski definition) is 2. The molecule has 1 unspecified atom stereocenters. The van der Waals surface area contributed by atoms with Gasteiger partial charge < -0.3 is 15.4 Å². The summed E-state index contributed by atoms with van der Waals surface area (Å²) in [6.45, 7) is 3.15. The van der Waals surface area contributed by atoms with Crippen LogP contribution in [0.1, 0.15) is 15.9 Å². The average Bonchev–Trinajstić information content (AvgIpc) is 2.79. The van der Waals surface area contributed by atoms with Gasteiger partial charge >= 0.3 is 0 Å². The van der Waals surface area contributed by atoms with Crippen molar-refractivity contribution in [3.63, 3.8) is 0 Å². The number of rotatable bonds is 3. The minimum absolute atomic E-state index is 0.0678. The highest BCUT2D eigenvalue weighted by atomic mass is 19.1. The molecule has 1 fully saturated rings. The highest BCUT2D eigenvalue weighted by molar-refractivity contribution is 5.94. The molecule has 0 spiro atoms. The summed E-state index contributed by atoms with van der Waals surface area (Å²) >= 11 is 0. The number of hydrogen-bond acceptors (Lipinski definition) is 3. The Kier molecular flexibility index (Phi) is 3.93. The van der Waals surface area contributed by atoms with Gasteiger partial charge in [0.1, 0.15) is 5.82 Å². The third kappa shape index (κ3) is 2.68. The van der Waals surface area contributed by atoms with Crippen molar-refractivity contribution in [2.75, 3.05) is 20.2 Å². The monoisotopic (exact) mass is 252 g/mol. The van der Waals surface area contributed by atoms with Gasteiger partial charge in [-0.05, 0) is 19.1 Å². The molecule has 2 N–H and O–H groups in total. The van der Waals surface area contributed by atoms with Crippen LogP contribution in [0.4, 0.5) is 4.39 Å². The molecule has 0 saturated carbocycles. The lowest BCUT2D eigenvalue weighted by Gasteiger charge is -2.18. The predicted octanol–water partition coefficient (Wildman–Crippen LogP) is 0.851. The van der Waals surface area contributed by atoms with E-state index in [1.54, 1.807) is 19.2 Å². The number of carbonyl (C=O) groups is 1. The molecule has 1 aromatic rings. The Morgan fingerprint density at radius 2 is 2.28 bits per heavy atom. The van der Waals surface area contributed by atoms with E-state index in [0.29, 0.717) is 13.1 Å². The Morgan fingerprint density at radius 1 is 1.50 bits per heavy atom. The minimum atomic E-state index is -0.502. The fraction of sp³-hybridized carbons (Fsp3) is 0.462. The van der Waals surface area contributed by atoms with Gasteiger partial charge in [-0.2, -0.15) is 0 Å². The van der Waals surface area contributed by atoms with E-state index < -0.39 is 11.7 Å². The lowest BCUT2D eigenvalue weighted by molar-refractivity contribution is 0.0777. The number of carbonyl (C=O) groups excluding carboxylic acids is 1.